The van der Waals surface area contributed by atoms with Crippen LogP contribution in [0.3, 0.4) is 0 Å². The van der Waals surface area contributed by atoms with Crippen molar-refractivity contribution in [3.63, 3.8) is 0 Å². The van der Waals surface area contributed by atoms with E-state index in [-0.39, 0.29) is 6.42 Å². The molecule has 0 saturated carbocycles. The van der Waals surface area contributed by atoms with Gasteiger partial charge < -0.3 is 15.0 Å². The lowest BCUT2D eigenvalue weighted by atomic mass is 9.92. The van der Waals surface area contributed by atoms with E-state index in [4.69, 9.17) is 16.7 Å². The highest BCUT2D eigenvalue weighted by atomic mass is 35.5. The van der Waals surface area contributed by atoms with Crippen LogP contribution in [0, 0.1) is 5.92 Å². The summed E-state index contributed by atoms with van der Waals surface area (Å²) in [5.74, 6) is 1.18. The van der Waals surface area contributed by atoms with Gasteiger partial charge in [-0.15, -0.1) is 0 Å². The Morgan fingerprint density at radius 1 is 1.06 bits per heavy atom. The van der Waals surface area contributed by atoms with Crippen LogP contribution in [0.15, 0.2) is 48.9 Å². The number of nitrogens with one attached hydrogen (secondary N) is 1. The van der Waals surface area contributed by atoms with Gasteiger partial charge in [0.25, 0.3) is 0 Å². The number of piperidine rings is 1. The highest BCUT2D eigenvalue weighted by Gasteiger charge is 2.21. The van der Waals surface area contributed by atoms with Crippen LogP contribution in [-0.4, -0.2) is 49.1 Å². The number of benzene rings is 1. The van der Waals surface area contributed by atoms with Crippen molar-refractivity contribution in [3.05, 3.63) is 53.9 Å². The van der Waals surface area contributed by atoms with Gasteiger partial charge in [0, 0.05) is 54.3 Å². The summed E-state index contributed by atoms with van der Waals surface area (Å²) >= 11 is 6.06. The summed E-state index contributed by atoms with van der Waals surface area (Å²) in [6, 6.07) is 9.46. The highest BCUT2D eigenvalue weighted by molar-refractivity contribution is 6.31. The molecule has 168 valence electrons. The monoisotopic (exact) mass is 462 g/mol. The van der Waals surface area contributed by atoms with E-state index in [2.05, 4.69) is 29.8 Å². The van der Waals surface area contributed by atoms with Crippen LogP contribution in [0.2, 0.25) is 5.02 Å². The van der Waals surface area contributed by atoms with E-state index in [0.717, 1.165) is 66.0 Å². The Bertz CT molecular complexity index is 1260. The SMILES string of the molecule is O=C(O)CCC1CCN(c2ncc(-c3ccc(-c4nc5ccc(Cl)cc5[nH]4)cn3)cn2)CC1. The van der Waals surface area contributed by atoms with Crippen molar-refractivity contribution in [2.75, 3.05) is 18.0 Å². The molecule has 5 rings (SSSR count). The fourth-order valence-electron chi connectivity index (χ4n) is 4.19. The van der Waals surface area contributed by atoms with Gasteiger partial charge in [0.05, 0.1) is 16.7 Å². The van der Waals surface area contributed by atoms with Gasteiger partial charge in [-0.25, -0.2) is 15.0 Å². The summed E-state index contributed by atoms with van der Waals surface area (Å²) in [5, 5.41) is 9.53. The largest absolute Gasteiger partial charge is 0.481 e. The molecular formula is C24H23ClN6O2. The number of halogens is 1. The molecule has 1 saturated heterocycles. The molecule has 0 radical (unpaired) electrons. The zero-order valence-corrected chi connectivity index (χ0v) is 18.7. The Labute approximate surface area is 195 Å². The summed E-state index contributed by atoms with van der Waals surface area (Å²) in [7, 11) is 0. The molecule has 1 fully saturated rings. The van der Waals surface area contributed by atoms with Crippen molar-refractivity contribution in [1.82, 2.24) is 24.9 Å². The first-order valence-corrected chi connectivity index (χ1v) is 11.3. The first-order valence-electron chi connectivity index (χ1n) is 11.0. The number of anilines is 1. The van der Waals surface area contributed by atoms with E-state index in [1.807, 2.05) is 30.3 Å². The maximum absolute atomic E-state index is 10.8. The Balaban J connectivity index is 1.24. The maximum Gasteiger partial charge on any atom is 0.303 e. The standard InChI is InChI=1S/C24H23ClN6O2/c25-18-3-5-20-21(11-18)30-23(29-20)16-2-4-19(26-12-16)17-13-27-24(28-14-17)31-9-7-15(8-10-31)1-6-22(32)33/h2-5,11-15H,1,6-10H2,(H,29,30)(H,32,33). The topological polar surface area (TPSA) is 108 Å². The number of carboxylic acids is 1. The van der Waals surface area contributed by atoms with Gasteiger partial charge in [-0.05, 0) is 55.5 Å². The minimum Gasteiger partial charge on any atom is -0.481 e. The van der Waals surface area contributed by atoms with Crippen molar-refractivity contribution in [2.45, 2.75) is 25.7 Å². The number of carbonyl (C=O) groups is 1. The molecule has 1 aliphatic heterocycles. The zero-order valence-electron chi connectivity index (χ0n) is 17.9. The highest BCUT2D eigenvalue weighted by Crippen LogP contribution is 2.26. The molecule has 0 spiro atoms. The third-order valence-electron chi connectivity index (χ3n) is 6.08. The minimum atomic E-state index is -0.722. The van der Waals surface area contributed by atoms with Crippen LogP contribution in [0.25, 0.3) is 33.7 Å². The number of hydrogen-bond donors (Lipinski definition) is 2. The van der Waals surface area contributed by atoms with E-state index < -0.39 is 5.97 Å². The number of imidazole rings is 1. The summed E-state index contributed by atoms with van der Waals surface area (Å²) in [6.45, 7) is 1.69. The number of carboxylic acid groups (broad SMARTS) is 1. The number of nitrogens with zero attached hydrogens (tertiary/aromatic N) is 5. The molecule has 0 unspecified atom stereocenters. The van der Waals surface area contributed by atoms with Crippen LogP contribution >= 0.6 is 11.6 Å². The summed E-state index contributed by atoms with van der Waals surface area (Å²) in [5.41, 5.74) is 4.26. The van der Waals surface area contributed by atoms with Crippen molar-refractivity contribution in [1.29, 1.82) is 0 Å². The van der Waals surface area contributed by atoms with Crippen LogP contribution in [0.5, 0.6) is 0 Å². The van der Waals surface area contributed by atoms with Crippen molar-refractivity contribution < 1.29 is 9.90 Å². The smallest absolute Gasteiger partial charge is 0.303 e. The summed E-state index contributed by atoms with van der Waals surface area (Å²) < 4.78 is 0. The molecular weight excluding hydrogens is 440 g/mol. The second kappa shape index (κ2) is 9.15. The average Bonchev–Trinajstić information content (AvgIpc) is 3.26. The molecule has 33 heavy (non-hydrogen) atoms. The normalized spacial score (nSPS) is 14.6. The van der Waals surface area contributed by atoms with Crippen LogP contribution in [-0.2, 0) is 4.79 Å². The van der Waals surface area contributed by atoms with E-state index in [1.54, 1.807) is 18.6 Å². The Hall–Kier alpha value is -3.52. The number of rotatable bonds is 6. The second-order valence-electron chi connectivity index (χ2n) is 8.31. The first-order chi connectivity index (χ1) is 16.0. The number of fused-ring (bicyclic) bond motifs is 1. The van der Waals surface area contributed by atoms with Crippen LogP contribution in [0.1, 0.15) is 25.7 Å². The number of hydrogen-bond acceptors (Lipinski definition) is 6. The molecule has 0 amide bonds. The fourth-order valence-corrected chi connectivity index (χ4v) is 4.36. The lowest BCUT2D eigenvalue weighted by molar-refractivity contribution is -0.137. The molecule has 1 aromatic carbocycles. The van der Waals surface area contributed by atoms with Gasteiger partial charge in [0.2, 0.25) is 5.95 Å². The molecule has 8 nitrogen and oxygen atoms in total. The lowest BCUT2D eigenvalue weighted by Gasteiger charge is -2.31. The average molecular weight is 463 g/mol. The third kappa shape index (κ3) is 4.80. The van der Waals surface area contributed by atoms with E-state index in [1.165, 1.54) is 0 Å². The molecule has 0 aliphatic carbocycles. The van der Waals surface area contributed by atoms with E-state index in [0.29, 0.717) is 16.9 Å². The van der Waals surface area contributed by atoms with Gasteiger partial charge in [0.1, 0.15) is 5.82 Å². The maximum atomic E-state index is 10.8. The van der Waals surface area contributed by atoms with Crippen molar-refractivity contribution in [2.24, 2.45) is 5.92 Å². The van der Waals surface area contributed by atoms with Gasteiger partial charge in [-0.3, -0.25) is 9.78 Å². The minimum absolute atomic E-state index is 0.242. The zero-order chi connectivity index (χ0) is 22.8. The predicted molar refractivity (Wildman–Crippen MR) is 127 cm³/mol. The van der Waals surface area contributed by atoms with Gasteiger partial charge in [-0.1, -0.05) is 11.6 Å². The van der Waals surface area contributed by atoms with Gasteiger partial charge in [0.15, 0.2) is 0 Å². The number of aromatic nitrogens is 5. The molecule has 3 aromatic heterocycles. The molecule has 1 aliphatic rings. The van der Waals surface area contributed by atoms with E-state index in [9.17, 15) is 4.79 Å². The molecule has 4 aromatic rings. The van der Waals surface area contributed by atoms with Crippen molar-refractivity contribution >= 4 is 34.6 Å². The number of aromatic amines is 1. The summed E-state index contributed by atoms with van der Waals surface area (Å²) in [4.78, 5) is 34.5. The Morgan fingerprint density at radius 2 is 1.82 bits per heavy atom. The van der Waals surface area contributed by atoms with Crippen LogP contribution < -0.4 is 4.90 Å². The molecule has 4 heterocycles. The number of pyridine rings is 1. The molecule has 0 bridgehead atoms. The van der Waals surface area contributed by atoms with Gasteiger partial charge in [-0.2, -0.15) is 0 Å². The molecule has 0 atom stereocenters. The Kier molecular flexibility index (Phi) is 5.92. The van der Waals surface area contributed by atoms with Crippen molar-refractivity contribution in [3.8, 4) is 22.6 Å². The van der Waals surface area contributed by atoms with E-state index >= 15 is 0 Å². The first kappa shape index (κ1) is 21.3. The van der Waals surface area contributed by atoms with Gasteiger partial charge >= 0.3 is 5.97 Å². The molecule has 9 heteroatoms. The third-order valence-corrected chi connectivity index (χ3v) is 6.31. The quantitative estimate of drug-likeness (QED) is 0.423. The molecule has 2 N–H and O–H groups in total. The summed E-state index contributed by atoms with van der Waals surface area (Å²) in [6.07, 6.45) is 8.29. The lowest BCUT2D eigenvalue weighted by Crippen LogP contribution is -2.35. The Morgan fingerprint density at radius 3 is 2.52 bits per heavy atom. The van der Waals surface area contributed by atoms with Crippen LogP contribution in [0.4, 0.5) is 5.95 Å². The number of H-pyrrole nitrogens is 1. The second-order valence-corrected chi connectivity index (χ2v) is 8.75. The fraction of sp³-hybridized carbons (Fsp3) is 0.292. The predicted octanol–water partition coefficient (Wildman–Crippen LogP) is 4.82. The number of aliphatic carboxylic acids is 1.